The number of halogens is 1. The Hall–Kier alpha value is -1.36. The first kappa shape index (κ1) is 16.0. The third-order valence-corrected chi connectivity index (χ3v) is 3.54. The van der Waals surface area contributed by atoms with E-state index in [1.54, 1.807) is 0 Å². The molecule has 0 saturated carbocycles. The van der Waals surface area contributed by atoms with Gasteiger partial charge in [-0.1, -0.05) is 46.3 Å². The molecule has 2 aromatic rings. The van der Waals surface area contributed by atoms with Crippen LogP contribution in [0, 0.1) is 0 Å². The Morgan fingerprint density at radius 2 is 1.81 bits per heavy atom. The highest BCUT2D eigenvalue weighted by Gasteiger charge is 2.17. The van der Waals surface area contributed by atoms with Crippen molar-refractivity contribution in [3.8, 4) is 5.75 Å². The van der Waals surface area contributed by atoms with Gasteiger partial charge < -0.3 is 15.2 Å². The smallest absolute Gasteiger partial charge is 0.119 e. The van der Waals surface area contributed by atoms with Gasteiger partial charge in [-0.2, -0.15) is 0 Å². The summed E-state index contributed by atoms with van der Waals surface area (Å²) in [6, 6.07) is 17.7. The van der Waals surface area contributed by atoms with Crippen molar-refractivity contribution in [2.24, 2.45) is 5.73 Å². The number of hydrogen-bond acceptors (Lipinski definition) is 3. The van der Waals surface area contributed by atoms with Crippen LogP contribution in [-0.4, -0.2) is 19.3 Å². The number of rotatable bonds is 7. The highest BCUT2D eigenvalue weighted by atomic mass is 79.9. The SMILES string of the molecule is CC(N)C(OCCOc1ccccc1)c1cccc(Br)c1. The molecular formula is C17H20BrNO2. The van der Waals surface area contributed by atoms with Crippen LogP contribution in [0.15, 0.2) is 59.1 Å². The Morgan fingerprint density at radius 3 is 2.48 bits per heavy atom. The maximum absolute atomic E-state index is 6.03. The molecule has 0 spiro atoms. The Kier molecular flexibility index (Phi) is 6.23. The minimum atomic E-state index is -0.137. The molecule has 0 aromatic heterocycles. The van der Waals surface area contributed by atoms with Gasteiger partial charge in [-0.15, -0.1) is 0 Å². The molecule has 2 N–H and O–H groups in total. The minimum Gasteiger partial charge on any atom is -0.491 e. The molecule has 0 aliphatic carbocycles. The summed E-state index contributed by atoms with van der Waals surface area (Å²) in [6.45, 7) is 2.94. The van der Waals surface area contributed by atoms with Crippen LogP contribution in [0.2, 0.25) is 0 Å². The van der Waals surface area contributed by atoms with E-state index in [1.807, 2.05) is 61.5 Å². The first-order chi connectivity index (χ1) is 10.2. The van der Waals surface area contributed by atoms with Gasteiger partial charge in [0, 0.05) is 10.5 Å². The summed E-state index contributed by atoms with van der Waals surface area (Å²) >= 11 is 3.47. The summed E-state index contributed by atoms with van der Waals surface area (Å²) in [5.74, 6) is 0.848. The van der Waals surface area contributed by atoms with Gasteiger partial charge in [-0.25, -0.2) is 0 Å². The van der Waals surface area contributed by atoms with Crippen molar-refractivity contribution in [1.82, 2.24) is 0 Å². The van der Waals surface area contributed by atoms with Gasteiger partial charge in [0.25, 0.3) is 0 Å². The van der Waals surface area contributed by atoms with Crippen molar-refractivity contribution in [3.05, 3.63) is 64.6 Å². The number of nitrogens with two attached hydrogens (primary N) is 1. The second-order valence-corrected chi connectivity index (χ2v) is 5.78. The minimum absolute atomic E-state index is 0.0870. The standard InChI is InChI=1S/C17H20BrNO2/c1-13(19)17(14-6-5-7-15(18)12-14)21-11-10-20-16-8-3-2-4-9-16/h2-9,12-13,17H,10-11,19H2,1H3. The monoisotopic (exact) mass is 349 g/mol. The van der Waals surface area contributed by atoms with E-state index in [4.69, 9.17) is 15.2 Å². The summed E-state index contributed by atoms with van der Waals surface area (Å²) in [5, 5.41) is 0. The molecule has 2 rings (SSSR count). The molecule has 0 bridgehead atoms. The maximum Gasteiger partial charge on any atom is 0.119 e. The van der Waals surface area contributed by atoms with Crippen molar-refractivity contribution in [1.29, 1.82) is 0 Å². The Balaban J connectivity index is 1.86. The fourth-order valence-corrected chi connectivity index (χ4v) is 2.50. The lowest BCUT2D eigenvalue weighted by atomic mass is 10.0. The largest absolute Gasteiger partial charge is 0.491 e. The van der Waals surface area contributed by atoms with E-state index in [0.717, 1.165) is 15.8 Å². The van der Waals surface area contributed by atoms with Gasteiger partial charge in [0.15, 0.2) is 0 Å². The van der Waals surface area contributed by atoms with Gasteiger partial charge in [0.1, 0.15) is 12.4 Å². The van der Waals surface area contributed by atoms with Gasteiger partial charge >= 0.3 is 0 Å². The Bertz CT molecular complexity index is 545. The summed E-state index contributed by atoms with van der Waals surface area (Å²) in [5.41, 5.74) is 7.10. The molecule has 21 heavy (non-hydrogen) atoms. The van der Waals surface area contributed by atoms with Crippen molar-refractivity contribution in [3.63, 3.8) is 0 Å². The van der Waals surface area contributed by atoms with E-state index in [-0.39, 0.29) is 12.1 Å². The normalized spacial score (nSPS) is 13.7. The second kappa shape index (κ2) is 8.17. The molecule has 0 heterocycles. The molecule has 0 fully saturated rings. The highest BCUT2D eigenvalue weighted by Crippen LogP contribution is 2.23. The fourth-order valence-electron chi connectivity index (χ4n) is 2.09. The number of benzene rings is 2. The fraction of sp³-hybridized carbons (Fsp3) is 0.294. The molecule has 112 valence electrons. The molecule has 0 aliphatic rings. The van der Waals surface area contributed by atoms with Crippen LogP contribution >= 0.6 is 15.9 Å². The highest BCUT2D eigenvalue weighted by molar-refractivity contribution is 9.10. The zero-order valence-corrected chi connectivity index (χ0v) is 13.6. The molecule has 0 saturated heterocycles. The molecule has 0 aliphatic heterocycles. The molecule has 2 atom stereocenters. The van der Waals surface area contributed by atoms with Crippen molar-refractivity contribution in [2.75, 3.05) is 13.2 Å². The van der Waals surface area contributed by atoms with Crippen LogP contribution in [-0.2, 0) is 4.74 Å². The molecule has 2 unspecified atom stereocenters. The second-order valence-electron chi connectivity index (χ2n) is 4.87. The molecule has 2 aromatic carbocycles. The average molecular weight is 350 g/mol. The van der Waals surface area contributed by atoms with E-state index in [9.17, 15) is 0 Å². The van der Waals surface area contributed by atoms with Crippen molar-refractivity contribution in [2.45, 2.75) is 19.1 Å². The van der Waals surface area contributed by atoms with E-state index in [0.29, 0.717) is 13.2 Å². The van der Waals surface area contributed by atoms with E-state index >= 15 is 0 Å². The van der Waals surface area contributed by atoms with Crippen molar-refractivity contribution >= 4 is 15.9 Å². The lowest BCUT2D eigenvalue weighted by Crippen LogP contribution is -2.28. The van der Waals surface area contributed by atoms with Gasteiger partial charge in [-0.3, -0.25) is 0 Å². The van der Waals surface area contributed by atoms with Crippen molar-refractivity contribution < 1.29 is 9.47 Å². The third kappa shape index (κ3) is 5.16. The Labute approximate surface area is 134 Å². The summed E-state index contributed by atoms with van der Waals surface area (Å²) in [4.78, 5) is 0. The average Bonchev–Trinajstić information content (AvgIpc) is 2.48. The predicted molar refractivity (Wildman–Crippen MR) is 88.4 cm³/mol. The summed E-state index contributed by atoms with van der Waals surface area (Å²) < 4.78 is 12.5. The molecular weight excluding hydrogens is 330 g/mol. The Morgan fingerprint density at radius 1 is 1.05 bits per heavy atom. The van der Waals surface area contributed by atoms with E-state index < -0.39 is 0 Å². The molecule has 4 heteroatoms. The third-order valence-electron chi connectivity index (χ3n) is 3.05. The lowest BCUT2D eigenvalue weighted by molar-refractivity contribution is 0.0208. The first-order valence-electron chi connectivity index (χ1n) is 6.97. The van der Waals surface area contributed by atoms with Crippen LogP contribution < -0.4 is 10.5 Å². The maximum atomic E-state index is 6.03. The molecule has 3 nitrogen and oxygen atoms in total. The zero-order valence-electron chi connectivity index (χ0n) is 12.0. The van der Waals surface area contributed by atoms with Crippen LogP contribution in [0.5, 0.6) is 5.75 Å². The van der Waals surface area contributed by atoms with Crippen LogP contribution in [0.3, 0.4) is 0 Å². The van der Waals surface area contributed by atoms with Gasteiger partial charge in [0.05, 0.1) is 12.7 Å². The van der Waals surface area contributed by atoms with Gasteiger partial charge in [0.2, 0.25) is 0 Å². The predicted octanol–water partition coefficient (Wildman–Crippen LogP) is 3.93. The lowest BCUT2D eigenvalue weighted by Gasteiger charge is -2.22. The van der Waals surface area contributed by atoms with Gasteiger partial charge in [-0.05, 0) is 36.8 Å². The number of hydrogen-bond donors (Lipinski definition) is 1. The molecule has 0 radical (unpaired) electrons. The quantitative estimate of drug-likeness (QED) is 0.770. The van der Waals surface area contributed by atoms with Crippen LogP contribution in [0.4, 0.5) is 0 Å². The summed E-state index contributed by atoms with van der Waals surface area (Å²) in [7, 11) is 0. The van der Waals surface area contributed by atoms with E-state index in [1.165, 1.54) is 0 Å². The first-order valence-corrected chi connectivity index (χ1v) is 7.76. The number of para-hydroxylation sites is 1. The zero-order chi connectivity index (χ0) is 15.1. The van der Waals surface area contributed by atoms with E-state index in [2.05, 4.69) is 15.9 Å². The van der Waals surface area contributed by atoms with Crippen LogP contribution in [0.1, 0.15) is 18.6 Å². The van der Waals surface area contributed by atoms with Crippen LogP contribution in [0.25, 0.3) is 0 Å². The topological polar surface area (TPSA) is 44.5 Å². The number of ether oxygens (including phenoxy) is 2. The molecule has 0 amide bonds. The summed E-state index contributed by atoms with van der Waals surface area (Å²) in [6.07, 6.45) is -0.137.